The third kappa shape index (κ3) is 4.06. The number of aromatic amines is 1. The Morgan fingerprint density at radius 1 is 1.22 bits per heavy atom. The van der Waals surface area contributed by atoms with Gasteiger partial charge in [-0.1, -0.05) is 23.7 Å². The zero-order valence-electron chi connectivity index (χ0n) is 13.7. The Labute approximate surface area is 145 Å². The number of rotatable bonds is 6. The summed E-state index contributed by atoms with van der Waals surface area (Å²) in [5.74, 6) is 0.747. The van der Waals surface area contributed by atoms with Gasteiger partial charge in [-0.25, -0.2) is 0 Å². The lowest BCUT2D eigenvalue weighted by atomic mass is 10.0. The summed E-state index contributed by atoms with van der Waals surface area (Å²) < 4.78 is 0. The molecular formula is C18H20ClNO2S. The van der Waals surface area contributed by atoms with Crippen LogP contribution in [0.15, 0.2) is 24.3 Å². The van der Waals surface area contributed by atoms with E-state index >= 15 is 0 Å². The number of nitrogens with one attached hydrogen (secondary N) is 1. The Morgan fingerprint density at radius 2 is 1.83 bits per heavy atom. The molecule has 2 rings (SSSR count). The van der Waals surface area contributed by atoms with E-state index in [1.807, 2.05) is 45.0 Å². The topological polar surface area (TPSA) is 49.9 Å². The number of carbonyl (C=O) groups excluding carboxylic acids is 2. The van der Waals surface area contributed by atoms with Gasteiger partial charge in [-0.2, -0.15) is 0 Å². The molecule has 0 saturated carbocycles. The highest BCUT2D eigenvalue weighted by Crippen LogP contribution is 2.25. The Balaban J connectivity index is 2.09. The molecule has 5 heteroatoms. The first-order valence-electron chi connectivity index (χ1n) is 7.41. The van der Waals surface area contributed by atoms with E-state index in [-0.39, 0.29) is 16.8 Å². The molecule has 0 radical (unpaired) electrons. The highest BCUT2D eigenvalue weighted by molar-refractivity contribution is 7.99. The molecule has 0 amide bonds. The molecule has 23 heavy (non-hydrogen) atoms. The summed E-state index contributed by atoms with van der Waals surface area (Å²) >= 11 is 7.45. The summed E-state index contributed by atoms with van der Waals surface area (Å²) in [5.41, 5.74) is 3.81. The zero-order chi connectivity index (χ0) is 17.1. The summed E-state index contributed by atoms with van der Waals surface area (Å²) in [6, 6.07) is 7.62. The number of H-pyrrole nitrogens is 1. The van der Waals surface area contributed by atoms with Crippen LogP contribution < -0.4 is 0 Å². The molecule has 0 aliphatic carbocycles. The molecule has 0 spiro atoms. The van der Waals surface area contributed by atoms with Crippen LogP contribution in [0.2, 0.25) is 5.02 Å². The molecule has 0 aliphatic heterocycles. The molecule has 0 saturated heterocycles. The Kier molecular flexibility index (Phi) is 5.71. The van der Waals surface area contributed by atoms with Gasteiger partial charge in [0, 0.05) is 22.0 Å². The van der Waals surface area contributed by atoms with Crippen LogP contribution in [-0.2, 0) is 5.75 Å². The second-order valence-corrected chi connectivity index (χ2v) is 7.39. The van der Waals surface area contributed by atoms with E-state index in [2.05, 4.69) is 4.98 Å². The number of Topliss-reactive ketones (excluding diaryl/α,β-unsaturated/α-hetero) is 2. The number of halogens is 1. The van der Waals surface area contributed by atoms with E-state index in [0.717, 1.165) is 22.6 Å². The molecule has 122 valence electrons. The quantitative estimate of drug-likeness (QED) is 0.747. The van der Waals surface area contributed by atoms with Crippen molar-refractivity contribution in [2.24, 2.45) is 0 Å². The number of thioether (sulfide) groups is 1. The molecule has 1 aromatic carbocycles. The van der Waals surface area contributed by atoms with Gasteiger partial charge in [0.25, 0.3) is 0 Å². The third-order valence-corrected chi connectivity index (χ3v) is 5.28. The first-order chi connectivity index (χ1) is 10.8. The molecule has 2 aromatic rings. The molecule has 0 fully saturated rings. The molecule has 0 aliphatic rings. The number of ketones is 2. The average Bonchev–Trinajstić information content (AvgIpc) is 2.80. The van der Waals surface area contributed by atoms with Gasteiger partial charge in [0.2, 0.25) is 0 Å². The van der Waals surface area contributed by atoms with Crippen molar-refractivity contribution in [3.8, 4) is 0 Å². The minimum absolute atomic E-state index is 0.0169. The zero-order valence-corrected chi connectivity index (χ0v) is 15.3. The molecule has 1 N–H and O–H groups in total. The van der Waals surface area contributed by atoms with Crippen molar-refractivity contribution < 1.29 is 9.59 Å². The van der Waals surface area contributed by atoms with Gasteiger partial charge in [-0.15, -0.1) is 11.8 Å². The molecule has 1 unspecified atom stereocenters. The van der Waals surface area contributed by atoms with Crippen molar-refractivity contribution in [3.05, 3.63) is 57.4 Å². The fraction of sp³-hybridized carbons (Fsp3) is 0.333. The lowest BCUT2D eigenvalue weighted by Gasteiger charge is -2.10. The van der Waals surface area contributed by atoms with Crippen LogP contribution in [0.4, 0.5) is 0 Å². The molecule has 0 bridgehead atoms. The van der Waals surface area contributed by atoms with Gasteiger partial charge in [0.15, 0.2) is 11.6 Å². The second-order valence-electron chi connectivity index (χ2n) is 5.63. The largest absolute Gasteiger partial charge is 0.355 e. The van der Waals surface area contributed by atoms with Crippen molar-refractivity contribution in [2.45, 2.75) is 38.7 Å². The van der Waals surface area contributed by atoms with Crippen LogP contribution in [0.1, 0.15) is 51.5 Å². The summed E-state index contributed by atoms with van der Waals surface area (Å²) in [6.45, 7) is 7.07. The van der Waals surface area contributed by atoms with Crippen molar-refractivity contribution in [1.82, 2.24) is 4.98 Å². The molecule has 3 nitrogen and oxygen atoms in total. The average molecular weight is 350 g/mol. The smallest absolute Gasteiger partial charge is 0.191 e. The van der Waals surface area contributed by atoms with Gasteiger partial charge in [-0.05, 0) is 51.0 Å². The fourth-order valence-corrected chi connectivity index (χ4v) is 3.64. The van der Waals surface area contributed by atoms with Gasteiger partial charge in [0.05, 0.1) is 10.9 Å². The first-order valence-corrected chi connectivity index (χ1v) is 8.84. The van der Waals surface area contributed by atoms with E-state index < -0.39 is 0 Å². The predicted octanol–water partition coefficient (Wildman–Crippen LogP) is 4.99. The predicted molar refractivity (Wildman–Crippen MR) is 96.8 cm³/mol. The molecule has 1 atom stereocenters. The number of benzene rings is 1. The van der Waals surface area contributed by atoms with Crippen LogP contribution in [0.25, 0.3) is 0 Å². The van der Waals surface area contributed by atoms with Gasteiger partial charge in [-0.3, -0.25) is 9.59 Å². The highest BCUT2D eigenvalue weighted by atomic mass is 35.5. The molecular weight excluding hydrogens is 330 g/mol. The van der Waals surface area contributed by atoms with Crippen LogP contribution in [-0.4, -0.2) is 21.8 Å². The summed E-state index contributed by atoms with van der Waals surface area (Å²) in [5, 5.41) is 0.513. The lowest BCUT2D eigenvalue weighted by Crippen LogP contribution is -2.15. The van der Waals surface area contributed by atoms with E-state index in [9.17, 15) is 9.59 Å². The van der Waals surface area contributed by atoms with Gasteiger partial charge >= 0.3 is 0 Å². The second kappa shape index (κ2) is 7.37. The maximum Gasteiger partial charge on any atom is 0.191 e. The number of hydrogen-bond acceptors (Lipinski definition) is 3. The number of aryl methyl sites for hydroxylation is 1. The van der Waals surface area contributed by atoms with E-state index in [1.54, 1.807) is 11.8 Å². The van der Waals surface area contributed by atoms with Crippen molar-refractivity contribution in [2.75, 3.05) is 0 Å². The Hall–Kier alpha value is -1.52. The van der Waals surface area contributed by atoms with Crippen molar-refractivity contribution in [3.63, 3.8) is 0 Å². The maximum absolute atomic E-state index is 12.6. The first kappa shape index (κ1) is 17.8. The third-order valence-electron chi connectivity index (χ3n) is 3.82. The van der Waals surface area contributed by atoms with Gasteiger partial charge in [0.1, 0.15) is 0 Å². The SMILES string of the molecule is CC(=O)c1c(C)[nH]c(C(=O)C(C)SCc2ccc(Cl)cc2)c1C. The Morgan fingerprint density at radius 3 is 2.35 bits per heavy atom. The maximum atomic E-state index is 12.6. The van der Waals surface area contributed by atoms with Crippen molar-refractivity contribution >= 4 is 34.9 Å². The fourth-order valence-electron chi connectivity index (χ4n) is 2.61. The minimum atomic E-state index is -0.192. The van der Waals surface area contributed by atoms with Crippen LogP contribution in [0, 0.1) is 13.8 Å². The van der Waals surface area contributed by atoms with E-state index in [0.29, 0.717) is 16.3 Å². The van der Waals surface area contributed by atoms with Crippen molar-refractivity contribution in [1.29, 1.82) is 0 Å². The van der Waals surface area contributed by atoms with Crippen LogP contribution >= 0.6 is 23.4 Å². The molecule has 1 aromatic heterocycles. The minimum Gasteiger partial charge on any atom is -0.355 e. The highest BCUT2D eigenvalue weighted by Gasteiger charge is 2.23. The van der Waals surface area contributed by atoms with Gasteiger partial charge < -0.3 is 4.98 Å². The van der Waals surface area contributed by atoms with Crippen LogP contribution in [0.5, 0.6) is 0 Å². The Bertz CT molecular complexity index is 734. The summed E-state index contributed by atoms with van der Waals surface area (Å²) in [6.07, 6.45) is 0. The number of carbonyl (C=O) groups is 2. The van der Waals surface area contributed by atoms with Crippen LogP contribution in [0.3, 0.4) is 0 Å². The lowest BCUT2D eigenvalue weighted by molar-refractivity contribution is 0.0988. The standard InChI is InChI=1S/C18H20ClNO2S/c1-10-16(12(3)21)11(2)20-17(10)18(22)13(4)23-9-14-5-7-15(19)8-6-14/h5-8,13,20H,9H2,1-4H3. The van der Waals surface area contributed by atoms with E-state index in [4.69, 9.17) is 11.6 Å². The molecule has 1 heterocycles. The summed E-state index contributed by atoms with van der Waals surface area (Å²) in [7, 11) is 0. The summed E-state index contributed by atoms with van der Waals surface area (Å²) in [4.78, 5) is 27.4. The monoisotopic (exact) mass is 349 g/mol. The normalized spacial score (nSPS) is 12.2. The number of aromatic nitrogens is 1. The number of hydrogen-bond donors (Lipinski definition) is 1. The van der Waals surface area contributed by atoms with E-state index in [1.165, 1.54) is 6.92 Å².